The Balaban J connectivity index is 1.63. The average Bonchev–Trinajstić information content (AvgIpc) is 2.64. The molecule has 3 rings (SSSR count). The van der Waals surface area contributed by atoms with Crippen LogP contribution in [0.15, 0.2) is 47.5 Å². The number of sulfonamides is 1. The van der Waals surface area contributed by atoms with Crippen molar-refractivity contribution in [2.45, 2.75) is 63.0 Å². The van der Waals surface area contributed by atoms with Crippen LogP contribution in [0.1, 0.15) is 46.0 Å². The third kappa shape index (κ3) is 5.60. The van der Waals surface area contributed by atoms with Gasteiger partial charge in [0.25, 0.3) is 10.0 Å². The van der Waals surface area contributed by atoms with Gasteiger partial charge in [-0.05, 0) is 63.1 Å². The molecule has 1 aromatic carbocycles. The lowest BCUT2D eigenvalue weighted by atomic mass is 9.95. The minimum Gasteiger partial charge on any atom is -0.491 e. The Morgan fingerprint density at radius 1 is 1.04 bits per heavy atom. The molecule has 7 heteroatoms. The molecule has 1 fully saturated rings. The van der Waals surface area contributed by atoms with Crippen LogP contribution in [0, 0.1) is 0 Å². The predicted octanol–water partition coefficient (Wildman–Crippen LogP) is 4.41. The number of aromatic nitrogens is 1. The highest BCUT2D eigenvalue weighted by atomic mass is 32.2. The van der Waals surface area contributed by atoms with Gasteiger partial charge in [0.05, 0.1) is 22.9 Å². The van der Waals surface area contributed by atoms with Crippen molar-refractivity contribution in [3.63, 3.8) is 0 Å². The molecule has 0 saturated heterocycles. The van der Waals surface area contributed by atoms with Crippen molar-refractivity contribution in [1.82, 2.24) is 4.98 Å². The summed E-state index contributed by atoms with van der Waals surface area (Å²) in [4.78, 5) is 4.52. The van der Waals surface area contributed by atoms with Crippen LogP contribution in [-0.4, -0.2) is 25.5 Å². The van der Waals surface area contributed by atoms with Crippen LogP contribution in [-0.2, 0) is 10.0 Å². The van der Waals surface area contributed by atoms with Gasteiger partial charge in [0, 0.05) is 6.04 Å². The van der Waals surface area contributed by atoms with Gasteiger partial charge in [0.1, 0.15) is 11.6 Å². The molecule has 2 N–H and O–H groups in total. The van der Waals surface area contributed by atoms with Crippen molar-refractivity contribution in [3.05, 3.63) is 42.6 Å². The zero-order valence-corrected chi connectivity index (χ0v) is 16.6. The van der Waals surface area contributed by atoms with Crippen LogP contribution >= 0.6 is 0 Å². The van der Waals surface area contributed by atoms with Gasteiger partial charge in [-0.25, -0.2) is 13.4 Å². The molecule has 0 aliphatic heterocycles. The fourth-order valence-corrected chi connectivity index (χ4v) is 4.22. The Kier molecular flexibility index (Phi) is 6.21. The van der Waals surface area contributed by atoms with Gasteiger partial charge in [-0.3, -0.25) is 4.72 Å². The number of rotatable bonds is 7. The largest absolute Gasteiger partial charge is 0.491 e. The first-order valence-corrected chi connectivity index (χ1v) is 10.9. The summed E-state index contributed by atoms with van der Waals surface area (Å²) < 4.78 is 33.2. The van der Waals surface area contributed by atoms with E-state index in [-0.39, 0.29) is 11.0 Å². The molecule has 0 unspecified atom stereocenters. The zero-order valence-electron chi connectivity index (χ0n) is 15.8. The van der Waals surface area contributed by atoms with Crippen LogP contribution in [0.3, 0.4) is 0 Å². The van der Waals surface area contributed by atoms with Crippen molar-refractivity contribution < 1.29 is 13.2 Å². The Morgan fingerprint density at radius 3 is 2.33 bits per heavy atom. The molecular formula is C20H27N3O3S. The van der Waals surface area contributed by atoms with Crippen LogP contribution in [0.25, 0.3) is 0 Å². The van der Waals surface area contributed by atoms with Gasteiger partial charge in [-0.2, -0.15) is 0 Å². The van der Waals surface area contributed by atoms with Crippen molar-refractivity contribution in [1.29, 1.82) is 0 Å². The maximum atomic E-state index is 12.5. The molecule has 1 aromatic heterocycles. The lowest BCUT2D eigenvalue weighted by molar-refractivity contribution is 0.242. The summed E-state index contributed by atoms with van der Waals surface area (Å²) in [6.07, 6.45) is 7.69. The van der Waals surface area contributed by atoms with E-state index in [4.69, 9.17) is 4.74 Å². The summed E-state index contributed by atoms with van der Waals surface area (Å²) in [5.41, 5.74) is 0.437. The summed E-state index contributed by atoms with van der Waals surface area (Å²) in [5, 5.41) is 3.42. The Labute approximate surface area is 161 Å². The van der Waals surface area contributed by atoms with Gasteiger partial charge in [0.2, 0.25) is 0 Å². The summed E-state index contributed by atoms with van der Waals surface area (Å²) >= 11 is 0. The Morgan fingerprint density at radius 2 is 1.74 bits per heavy atom. The third-order valence-corrected chi connectivity index (χ3v) is 5.88. The van der Waals surface area contributed by atoms with E-state index >= 15 is 0 Å². The first kappa shape index (κ1) is 19.5. The molecule has 1 saturated carbocycles. The van der Waals surface area contributed by atoms with Crippen molar-refractivity contribution in [2.24, 2.45) is 0 Å². The number of pyridine rings is 1. The fourth-order valence-electron chi connectivity index (χ4n) is 3.18. The lowest BCUT2D eigenvalue weighted by Gasteiger charge is -2.23. The minimum absolute atomic E-state index is 0.0393. The van der Waals surface area contributed by atoms with Gasteiger partial charge >= 0.3 is 0 Å². The normalized spacial score (nSPS) is 15.5. The first-order valence-electron chi connectivity index (χ1n) is 9.44. The Hall–Kier alpha value is -2.28. The summed E-state index contributed by atoms with van der Waals surface area (Å²) in [5.74, 6) is 1.42. The highest BCUT2D eigenvalue weighted by Gasteiger charge is 2.16. The van der Waals surface area contributed by atoms with E-state index < -0.39 is 10.0 Å². The van der Waals surface area contributed by atoms with Crippen molar-refractivity contribution >= 4 is 21.5 Å². The maximum absolute atomic E-state index is 12.5. The van der Waals surface area contributed by atoms with Crippen LogP contribution in [0.4, 0.5) is 11.5 Å². The Bertz CT molecular complexity index is 828. The van der Waals surface area contributed by atoms with E-state index in [1.165, 1.54) is 31.4 Å². The SMILES string of the molecule is CC(C)Oc1ccc(S(=O)(=O)Nc2ccc(NC3CCCCC3)nc2)cc1. The summed E-state index contributed by atoms with van der Waals surface area (Å²) in [7, 11) is -3.66. The summed E-state index contributed by atoms with van der Waals surface area (Å²) in [6, 6.07) is 10.4. The maximum Gasteiger partial charge on any atom is 0.261 e. The molecule has 0 atom stereocenters. The molecule has 0 spiro atoms. The van der Waals surface area contributed by atoms with Crippen LogP contribution in [0.2, 0.25) is 0 Å². The fraction of sp³-hybridized carbons (Fsp3) is 0.450. The number of ether oxygens (including phenoxy) is 1. The smallest absolute Gasteiger partial charge is 0.261 e. The molecule has 27 heavy (non-hydrogen) atoms. The van der Waals surface area contributed by atoms with Gasteiger partial charge in [-0.15, -0.1) is 0 Å². The van der Waals surface area contributed by atoms with Crippen LogP contribution < -0.4 is 14.8 Å². The summed E-state index contributed by atoms with van der Waals surface area (Å²) in [6.45, 7) is 3.85. The third-order valence-electron chi connectivity index (χ3n) is 4.48. The van der Waals surface area contributed by atoms with E-state index in [9.17, 15) is 8.42 Å². The number of hydrogen-bond acceptors (Lipinski definition) is 5. The number of benzene rings is 1. The monoisotopic (exact) mass is 389 g/mol. The molecule has 146 valence electrons. The second kappa shape index (κ2) is 8.61. The molecule has 0 bridgehead atoms. The molecular weight excluding hydrogens is 362 g/mol. The van der Waals surface area contributed by atoms with E-state index in [0.717, 1.165) is 18.7 Å². The highest BCUT2D eigenvalue weighted by Crippen LogP contribution is 2.23. The number of nitrogens with one attached hydrogen (secondary N) is 2. The predicted molar refractivity (Wildman–Crippen MR) is 108 cm³/mol. The highest BCUT2D eigenvalue weighted by molar-refractivity contribution is 7.92. The van der Waals surface area contributed by atoms with Crippen molar-refractivity contribution in [3.8, 4) is 5.75 Å². The zero-order chi connectivity index (χ0) is 19.3. The minimum atomic E-state index is -3.66. The van der Waals surface area contributed by atoms with Gasteiger partial charge in [-0.1, -0.05) is 19.3 Å². The molecule has 0 amide bonds. The second-order valence-electron chi connectivity index (χ2n) is 7.15. The second-order valence-corrected chi connectivity index (χ2v) is 8.84. The van der Waals surface area contributed by atoms with E-state index in [1.54, 1.807) is 24.4 Å². The van der Waals surface area contributed by atoms with Gasteiger partial charge in [0.15, 0.2) is 0 Å². The number of anilines is 2. The van der Waals surface area contributed by atoms with Crippen molar-refractivity contribution in [2.75, 3.05) is 10.0 Å². The molecule has 2 aromatic rings. The lowest BCUT2D eigenvalue weighted by Crippen LogP contribution is -2.22. The quantitative estimate of drug-likeness (QED) is 0.733. The molecule has 6 nitrogen and oxygen atoms in total. The van der Waals surface area contributed by atoms with E-state index in [0.29, 0.717) is 17.5 Å². The van der Waals surface area contributed by atoms with E-state index in [2.05, 4.69) is 15.0 Å². The number of hydrogen-bond donors (Lipinski definition) is 2. The topological polar surface area (TPSA) is 80.3 Å². The number of nitrogens with zero attached hydrogens (tertiary/aromatic N) is 1. The molecule has 1 heterocycles. The van der Waals surface area contributed by atoms with Crippen LogP contribution in [0.5, 0.6) is 5.75 Å². The average molecular weight is 390 g/mol. The molecule has 1 aliphatic carbocycles. The van der Waals surface area contributed by atoms with E-state index in [1.807, 2.05) is 19.9 Å². The first-order chi connectivity index (χ1) is 12.9. The molecule has 1 aliphatic rings. The molecule has 0 radical (unpaired) electrons. The standard InChI is InChI=1S/C20H27N3O3S/c1-15(2)26-18-9-11-19(12-10-18)27(24,25)23-17-8-13-20(21-14-17)22-16-6-4-3-5-7-16/h8-16,23H,3-7H2,1-2H3,(H,21,22). The van der Waals surface area contributed by atoms with Gasteiger partial charge < -0.3 is 10.1 Å².